The highest BCUT2D eigenvalue weighted by atomic mass is 19.4. The van der Waals surface area contributed by atoms with Crippen molar-refractivity contribution in [3.63, 3.8) is 0 Å². The van der Waals surface area contributed by atoms with Gasteiger partial charge in [-0.05, 0) is 37.8 Å². The van der Waals surface area contributed by atoms with Gasteiger partial charge in [-0.2, -0.15) is 18.3 Å². The number of carbonyl (C=O) groups excluding carboxylic acids is 1. The Kier molecular flexibility index (Phi) is 6.42. The number of carbonyl (C=O) groups is 1. The van der Waals surface area contributed by atoms with Gasteiger partial charge in [-0.1, -0.05) is 0 Å². The fourth-order valence-corrected chi connectivity index (χ4v) is 4.19. The molecule has 12 heteroatoms. The van der Waals surface area contributed by atoms with Crippen LogP contribution in [0.1, 0.15) is 36.2 Å². The molecule has 32 heavy (non-hydrogen) atoms. The fraction of sp³-hybridized carbons (Fsp3) is 0.500. The number of aromatic nitrogens is 5. The van der Waals surface area contributed by atoms with E-state index in [1.807, 2.05) is 0 Å². The molecular weight excluding hydrogens is 427 g/mol. The van der Waals surface area contributed by atoms with Crippen molar-refractivity contribution in [2.24, 2.45) is 0 Å². The molecule has 3 aromatic heterocycles. The summed E-state index contributed by atoms with van der Waals surface area (Å²) in [4.78, 5) is 23.7. The molecule has 0 aromatic carbocycles. The highest BCUT2D eigenvalue weighted by Gasteiger charge is 2.35. The quantitative estimate of drug-likeness (QED) is 0.570. The van der Waals surface area contributed by atoms with Gasteiger partial charge in [0.2, 0.25) is 0 Å². The predicted octanol–water partition coefficient (Wildman–Crippen LogP) is 2.03. The number of nitrogens with one attached hydrogen (secondary N) is 1. The molecule has 3 heterocycles. The molecule has 0 bridgehead atoms. The molecule has 172 valence electrons. The molecule has 1 fully saturated rings. The summed E-state index contributed by atoms with van der Waals surface area (Å²) in [6.45, 7) is -0.900. The van der Waals surface area contributed by atoms with E-state index in [2.05, 4.69) is 20.4 Å². The second-order valence-electron chi connectivity index (χ2n) is 7.79. The molecule has 0 radical (unpaired) electrons. The first-order chi connectivity index (χ1) is 15.4. The summed E-state index contributed by atoms with van der Waals surface area (Å²) in [5.41, 5.74) is 0.773. The van der Waals surface area contributed by atoms with Crippen LogP contribution >= 0.6 is 0 Å². The summed E-state index contributed by atoms with van der Waals surface area (Å²) in [7, 11) is 0. The second-order valence-corrected chi connectivity index (χ2v) is 7.79. The van der Waals surface area contributed by atoms with Crippen LogP contribution in [-0.2, 0) is 6.54 Å². The number of hydrogen-bond acceptors (Lipinski definition) is 6. The maximum Gasteiger partial charge on any atom is 0.401 e. The molecule has 2 N–H and O–H groups in total. The largest absolute Gasteiger partial charge is 0.401 e. The van der Waals surface area contributed by atoms with Crippen LogP contribution in [0.4, 0.5) is 19.0 Å². The number of amides is 1. The van der Waals surface area contributed by atoms with Gasteiger partial charge in [-0.15, -0.1) is 0 Å². The topological polar surface area (TPSA) is 101 Å². The number of anilines is 1. The molecule has 9 nitrogen and oxygen atoms in total. The first kappa shape index (κ1) is 22.2. The average Bonchev–Trinajstić information content (AvgIpc) is 3.42. The predicted molar refractivity (Wildman–Crippen MR) is 109 cm³/mol. The molecule has 0 saturated heterocycles. The molecule has 0 spiro atoms. The maximum atomic E-state index is 13.7. The van der Waals surface area contributed by atoms with Crippen LogP contribution in [-0.4, -0.2) is 66.6 Å². The van der Waals surface area contributed by atoms with Gasteiger partial charge in [0.05, 0.1) is 31.2 Å². The van der Waals surface area contributed by atoms with Gasteiger partial charge in [-0.3, -0.25) is 9.69 Å². The number of fused-ring (bicyclic) bond motifs is 1. The summed E-state index contributed by atoms with van der Waals surface area (Å²) in [6.07, 6.45) is 3.90. The lowest BCUT2D eigenvalue weighted by Gasteiger charge is -2.37. The van der Waals surface area contributed by atoms with Crippen LogP contribution < -0.4 is 10.2 Å². The third kappa shape index (κ3) is 4.75. The van der Waals surface area contributed by atoms with Gasteiger partial charge in [0.1, 0.15) is 12.1 Å². The highest BCUT2D eigenvalue weighted by molar-refractivity contribution is 6.08. The van der Waals surface area contributed by atoms with E-state index in [9.17, 15) is 23.1 Å². The van der Waals surface area contributed by atoms with Crippen LogP contribution in [0.5, 0.6) is 0 Å². The molecule has 1 aliphatic rings. The van der Waals surface area contributed by atoms with E-state index in [0.29, 0.717) is 37.0 Å². The van der Waals surface area contributed by atoms with E-state index in [1.54, 1.807) is 38.5 Å². The zero-order valence-electron chi connectivity index (χ0n) is 17.2. The maximum absolute atomic E-state index is 13.7. The molecule has 1 aliphatic carbocycles. The van der Waals surface area contributed by atoms with Crippen LogP contribution in [0, 0.1) is 0 Å². The minimum absolute atomic E-state index is 0.129. The van der Waals surface area contributed by atoms with Crippen molar-refractivity contribution in [2.75, 3.05) is 18.1 Å². The first-order valence-corrected chi connectivity index (χ1v) is 10.4. The van der Waals surface area contributed by atoms with E-state index in [4.69, 9.17) is 0 Å². The Morgan fingerprint density at radius 2 is 2.06 bits per heavy atom. The number of nitrogens with zero attached hydrogens (tertiary/aromatic N) is 6. The smallest absolute Gasteiger partial charge is 0.395 e. The van der Waals surface area contributed by atoms with Crippen molar-refractivity contribution in [3.8, 4) is 0 Å². The third-order valence-corrected chi connectivity index (χ3v) is 5.69. The number of rotatable bonds is 7. The second kappa shape index (κ2) is 9.25. The number of alkyl halides is 3. The Hall–Kier alpha value is -2.99. The van der Waals surface area contributed by atoms with Crippen molar-refractivity contribution >= 4 is 17.2 Å². The number of aliphatic hydroxyl groups excluding tert-OH is 1. The standard InChI is InChI=1S/C20H24F3N7O2/c21-20(22,23)11-25-14-3-5-15(6-4-14)30(17-10-24-13-28(17)8-9-31)19(32)18-16-2-1-7-29(16)27-12-26-18/h1-2,7,10,12-15,25,31H,3-6,8-9,11H2. The first-order valence-electron chi connectivity index (χ1n) is 10.4. The Morgan fingerprint density at radius 1 is 1.28 bits per heavy atom. The summed E-state index contributed by atoms with van der Waals surface area (Å²) < 4.78 is 40.9. The Bertz CT molecular complexity index is 1060. The van der Waals surface area contributed by atoms with Crippen LogP contribution in [0.2, 0.25) is 0 Å². The monoisotopic (exact) mass is 451 g/mol. The molecular formula is C20H24F3N7O2. The fourth-order valence-electron chi connectivity index (χ4n) is 4.19. The molecule has 4 rings (SSSR count). The van der Waals surface area contributed by atoms with Gasteiger partial charge in [0.15, 0.2) is 5.69 Å². The van der Waals surface area contributed by atoms with Crippen molar-refractivity contribution in [2.45, 2.75) is 50.5 Å². The lowest BCUT2D eigenvalue weighted by molar-refractivity contribution is -0.126. The molecule has 1 saturated carbocycles. The van der Waals surface area contributed by atoms with E-state index in [-0.39, 0.29) is 36.8 Å². The summed E-state index contributed by atoms with van der Waals surface area (Å²) in [5, 5.41) is 16.1. The Balaban J connectivity index is 1.60. The Labute approximate surface area is 181 Å². The summed E-state index contributed by atoms with van der Waals surface area (Å²) in [6, 6.07) is 3.00. The minimum atomic E-state index is -4.26. The van der Waals surface area contributed by atoms with Crippen molar-refractivity contribution < 1.29 is 23.1 Å². The molecule has 0 unspecified atom stereocenters. The zero-order valence-corrected chi connectivity index (χ0v) is 17.2. The van der Waals surface area contributed by atoms with E-state index in [1.165, 1.54) is 12.7 Å². The normalized spacial score (nSPS) is 19.4. The highest BCUT2D eigenvalue weighted by Crippen LogP contribution is 2.30. The summed E-state index contributed by atoms with van der Waals surface area (Å²) in [5.74, 6) is 0.168. The molecule has 3 aromatic rings. The lowest BCUT2D eigenvalue weighted by atomic mass is 9.90. The van der Waals surface area contributed by atoms with Crippen LogP contribution in [0.3, 0.4) is 0 Å². The van der Waals surface area contributed by atoms with E-state index in [0.717, 1.165) is 0 Å². The van der Waals surface area contributed by atoms with Gasteiger partial charge in [0.25, 0.3) is 5.91 Å². The van der Waals surface area contributed by atoms with Crippen LogP contribution in [0.25, 0.3) is 5.52 Å². The SMILES string of the molecule is O=C(c1ncnn2cccc12)N(c1cncn1CCO)C1CCC(NCC(F)(F)F)CC1. The van der Waals surface area contributed by atoms with Crippen LogP contribution in [0.15, 0.2) is 37.2 Å². The van der Waals surface area contributed by atoms with E-state index < -0.39 is 12.7 Å². The Morgan fingerprint density at radius 3 is 2.78 bits per heavy atom. The van der Waals surface area contributed by atoms with E-state index >= 15 is 0 Å². The van der Waals surface area contributed by atoms with Gasteiger partial charge in [-0.25, -0.2) is 14.5 Å². The lowest BCUT2D eigenvalue weighted by Crippen LogP contribution is -2.47. The van der Waals surface area contributed by atoms with Crippen molar-refractivity contribution in [1.82, 2.24) is 29.5 Å². The average molecular weight is 451 g/mol. The summed E-state index contributed by atoms with van der Waals surface area (Å²) >= 11 is 0. The van der Waals surface area contributed by atoms with Crippen molar-refractivity contribution in [1.29, 1.82) is 0 Å². The number of hydrogen-bond donors (Lipinski definition) is 2. The van der Waals surface area contributed by atoms with Gasteiger partial charge in [0, 0.05) is 24.8 Å². The molecule has 1 amide bonds. The number of halogens is 3. The van der Waals surface area contributed by atoms with Gasteiger partial charge < -0.3 is 15.0 Å². The number of imidazole rings is 1. The number of aliphatic hydroxyl groups is 1. The minimum Gasteiger partial charge on any atom is -0.395 e. The third-order valence-electron chi connectivity index (χ3n) is 5.69. The molecule has 0 aliphatic heterocycles. The molecule has 0 atom stereocenters. The van der Waals surface area contributed by atoms with Crippen molar-refractivity contribution in [3.05, 3.63) is 42.9 Å². The zero-order chi connectivity index (χ0) is 22.7. The van der Waals surface area contributed by atoms with Gasteiger partial charge >= 0.3 is 6.18 Å².